The van der Waals surface area contributed by atoms with Crippen molar-refractivity contribution in [2.75, 3.05) is 36.9 Å². The van der Waals surface area contributed by atoms with Gasteiger partial charge in [-0.15, -0.1) is 11.3 Å². The lowest BCUT2D eigenvalue weighted by atomic mass is 10.0. The molecule has 2 aromatic heterocycles. The quantitative estimate of drug-likeness (QED) is 0.299. The second kappa shape index (κ2) is 8.94. The van der Waals surface area contributed by atoms with Crippen LogP contribution in [0.2, 0.25) is 0 Å². The van der Waals surface area contributed by atoms with Gasteiger partial charge in [0, 0.05) is 32.2 Å². The molecular formula is C25H32N6O3S. The molecule has 0 radical (unpaired) electrons. The summed E-state index contributed by atoms with van der Waals surface area (Å²) in [5, 5.41) is 39.0. The molecule has 1 aliphatic heterocycles. The molecule has 0 bridgehead atoms. The molecule has 1 saturated heterocycles. The fourth-order valence-corrected chi connectivity index (χ4v) is 6.32. The number of nitrogens with zero attached hydrogens (tertiary/aromatic N) is 4. The molecule has 3 aliphatic rings. The molecule has 3 heterocycles. The van der Waals surface area contributed by atoms with E-state index in [1.54, 1.807) is 11.3 Å². The van der Waals surface area contributed by atoms with Crippen LogP contribution in [0.4, 0.5) is 11.8 Å². The van der Waals surface area contributed by atoms with Gasteiger partial charge in [0.2, 0.25) is 5.95 Å². The topological polar surface area (TPSA) is 127 Å². The molecule has 3 atom stereocenters. The number of nitrogens with one attached hydrogen (secondary N) is 2. The van der Waals surface area contributed by atoms with E-state index in [1.165, 1.54) is 19.4 Å². The van der Waals surface area contributed by atoms with Crippen LogP contribution < -0.4 is 10.6 Å². The SMILES string of the molecule is Cc1nc(NC2CN(CC3CC3)C2)nc(NC2(O)CCC(CO)C2O)c1-c1nc2ccccc2s1. The summed E-state index contributed by atoms with van der Waals surface area (Å²) in [7, 11) is 0. The number of hydrogen-bond donors (Lipinski definition) is 5. The van der Waals surface area contributed by atoms with E-state index in [1.807, 2.05) is 31.2 Å². The third-order valence-electron chi connectivity index (χ3n) is 7.50. The normalized spacial score (nSPS) is 27.3. The molecule has 5 N–H and O–H groups in total. The van der Waals surface area contributed by atoms with E-state index in [0.717, 1.165) is 39.9 Å². The number of thiazole rings is 1. The number of para-hydroxylation sites is 1. The van der Waals surface area contributed by atoms with Crippen molar-refractivity contribution in [3.8, 4) is 10.6 Å². The maximum atomic E-state index is 11.3. The summed E-state index contributed by atoms with van der Waals surface area (Å²) in [6.07, 6.45) is 2.43. The Hall–Kier alpha value is -2.37. The molecular weight excluding hydrogens is 464 g/mol. The van der Waals surface area contributed by atoms with Gasteiger partial charge in [-0.1, -0.05) is 12.1 Å². The maximum absolute atomic E-state index is 11.3. The van der Waals surface area contributed by atoms with Gasteiger partial charge in [0.1, 0.15) is 16.9 Å². The van der Waals surface area contributed by atoms with E-state index in [-0.39, 0.29) is 18.6 Å². The Bertz CT molecular complexity index is 1190. The minimum Gasteiger partial charge on any atom is -0.396 e. The number of aliphatic hydroxyl groups excluding tert-OH is 2. The number of aliphatic hydroxyl groups is 3. The number of likely N-dealkylation sites (tertiary alicyclic amines) is 1. The fraction of sp³-hybridized carbons (Fsp3) is 0.560. The van der Waals surface area contributed by atoms with Crippen LogP contribution in [0.1, 0.15) is 31.4 Å². The molecule has 0 spiro atoms. The highest BCUT2D eigenvalue weighted by Crippen LogP contribution is 2.41. The number of aryl methyl sites for hydroxylation is 1. The van der Waals surface area contributed by atoms with Crippen molar-refractivity contribution >= 4 is 33.3 Å². The van der Waals surface area contributed by atoms with Crippen molar-refractivity contribution in [2.24, 2.45) is 11.8 Å². The first-order chi connectivity index (χ1) is 16.9. The average Bonchev–Trinajstić information content (AvgIpc) is 3.45. The number of hydrogen-bond acceptors (Lipinski definition) is 10. The Labute approximate surface area is 208 Å². The predicted molar refractivity (Wildman–Crippen MR) is 136 cm³/mol. The van der Waals surface area contributed by atoms with Crippen LogP contribution in [-0.4, -0.2) is 79.3 Å². The Kier molecular flexibility index (Phi) is 5.89. The molecule has 186 valence electrons. The van der Waals surface area contributed by atoms with Gasteiger partial charge in [0.15, 0.2) is 5.72 Å². The predicted octanol–water partition coefficient (Wildman–Crippen LogP) is 2.43. The van der Waals surface area contributed by atoms with Gasteiger partial charge >= 0.3 is 0 Å². The lowest BCUT2D eigenvalue weighted by molar-refractivity contribution is -0.0545. The molecule has 2 aliphatic carbocycles. The highest BCUT2D eigenvalue weighted by molar-refractivity contribution is 7.21. The summed E-state index contributed by atoms with van der Waals surface area (Å²) in [6.45, 7) is 4.87. The highest BCUT2D eigenvalue weighted by Gasteiger charge is 2.47. The summed E-state index contributed by atoms with van der Waals surface area (Å²) in [5.41, 5.74) is 0.765. The van der Waals surface area contributed by atoms with Gasteiger partial charge in [-0.3, -0.25) is 4.90 Å². The number of anilines is 2. The van der Waals surface area contributed by atoms with Crippen molar-refractivity contribution in [1.29, 1.82) is 0 Å². The summed E-state index contributed by atoms with van der Waals surface area (Å²) in [6, 6.07) is 8.23. The minimum absolute atomic E-state index is 0.176. The third-order valence-corrected chi connectivity index (χ3v) is 8.56. The molecule has 1 aromatic carbocycles. The lowest BCUT2D eigenvalue weighted by Gasteiger charge is -2.39. The molecule has 10 heteroatoms. The maximum Gasteiger partial charge on any atom is 0.225 e. The monoisotopic (exact) mass is 496 g/mol. The van der Waals surface area contributed by atoms with Gasteiger partial charge < -0.3 is 26.0 Å². The smallest absolute Gasteiger partial charge is 0.225 e. The Balaban J connectivity index is 1.31. The summed E-state index contributed by atoms with van der Waals surface area (Å²) in [5.74, 6) is 1.43. The number of aromatic nitrogens is 3. The zero-order chi connectivity index (χ0) is 24.2. The first-order valence-electron chi connectivity index (χ1n) is 12.4. The van der Waals surface area contributed by atoms with Gasteiger partial charge in [-0.05, 0) is 50.7 Å². The molecule has 35 heavy (non-hydrogen) atoms. The van der Waals surface area contributed by atoms with E-state index in [0.29, 0.717) is 30.2 Å². The summed E-state index contributed by atoms with van der Waals surface area (Å²) < 4.78 is 1.06. The average molecular weight is 497 g/mol. The first-order valence-corrected chi connectivity index (χ1v) is 13.3. The van der Waals surface area contributed by atoms with E-state index in [9.17, 15) is 15.3 Å². The largest absolute Gasteiger partial charge is 0.396 e. The summed E-state index contributed by atoms with van der Waals surface area (Å²) >= 11 is 1.55. The first kappa shape index (κ1) is 23.1. The molecule has 0 amide bonds. The Morgan fingerprint density at radius 1 is 1.14 bits per heavy atom. The van der Waals surface area contributed by atoms with E-state index >= 15 is 0 Å². The van der Waals surface area contributed by atoms with Crippen molar-refractivity contribution in [2.45, 2.75) is 50.5 Å². The van der Waals surface area contributed by atoms with Crippen LogP contribution in [0, 0.1) is 18.8 Å². The van der Waals surface area contributed by atoms with Crippen LogP contribution in [0.25, 0.3) is 20.8 Å². The second-order valence-electron chi connectivity index (χ2n) is 10.3. The summed E-state index contributed by atoms with van der Waals surface area (Å²) in [4.78, 5) is 16.8. The molecule has 6 rings (SSSR count). The Morgan fingerprint density at radius 2 is 1.94 bits per heavy atom. The third kappa shape index (κ3) is 4.49. The van der Waals surface area contributed by atoms with Crippen molar-refractivity contribution < 1.29 is 15.3 Å². The Morgan fingerprint density at radius 3 is 2.66 bits per heavy atom. The van der Waals surface area contributed by atoms with Gasteiger partial charge in [0.05, 0.1) is 27.5 Å². The van der Waals surface area contributed by atoms with Crippen LogP contribution >= 0.6 is 11.3 Å². The molecule has 3 unspecified atom stereocenters. The van der Waals surface area contributed by atoms with E-state index < -0.39 is 11.8 Å². The highest BCUT2D eigenvalue weighted by atomic mass is 32.1. The van der Waals surface area contributed by atoms with Crippen LogP contribution in [0.15, 0.2) is 24.3 Å². The fourth-order valence-electron chi connectivity index (χ4n) is 5.26. The van der Waals surface area contributed by atoms with Gasteiger partial charge in [-0.2, -0.15) is 4.98 Å². The molecule has 9 nitrogen and oxygen atoms in total. The van der Waals surface area contributed by atoms with Crippen molar-refractivity contribution in [3.63, 3.8) is 0 Å². The number of benzene rings is 1. The van der Waals surface area contributed by atoms with E-state index in [2.05, 4.69) is 15.5 Å². The van der Waals surface area contributed by atoms with Crippen LogP contribution in [0.3, 0.4) is 0 Å². The van der Waals surface area contributed by atoms with Gasteiger partial charge in [-0.25, -0.2) is 9.97 Å². The molecule has 3 aromatic rings. The molecule has 3 fully saturated rings. The standard InChI is InChI=1S/C25H32N6O3S/c1-14-20(23-28-18-4-2-3-5-19(18)35-23)22(30-25(34)9-8-16(13-32)21(25)33)29-24(26-14)27-17-11-31(12-17)10-15-6-7-15/h2-5,15-17,21,32-34H,6-13H2,1H3,(H2,26,27,29,30). The van der Waals surface area contributed by atoms with Crippen molar-refractivity contribution in [3.05, 3.63) is 30.0 Å². The van der Waals surface area contributed by atoms with Gasteiger partial charge in [0.25, 0.3) is 0 Å². The lowest BCUT2D eigenvalue weighted by Crippen LogP contribution is -2.55. The van der Waals surface area contributed by atoms with E-state index in [4.69, 9.17) is 15.0 Å². The van der Waals surface area contributed by atoms with Crippen molar-refractivity contribution in [1.82, 2.24) is 19.9 Å². The van der Waals surface area contributed by atoms with Crippen LogP contribution in [0.5, 0.6) is 0 Å². The second-order valence-corrected chi connectivity index (χ2v) is 11.4. The van der Waals surface area contributed by atoms with Crippen LogP contribution in [-0.2, 0) is 0 Å². The molecule has 2 saturated carbocycles. The number of fused-ring (bicyclic) bond motifs is 1. The number of rotatable bonds is 8. The zero-order valence-corrected chi connectivity index (χ0v) is 20.6. The minimum atomic E-state index is -1.59. The zero-order valence-electron chi connectivity index (χ0n) is 19.8.